The molecule has 0 saturated carbocycles. The number of anilines is 1. The van der Waals surface area contributed by atoms with E-state index in [1.54, 1.807) is 13.2 Å². The predicted octanol–water partition coefficient (Wildman–Crippen LogP) is 5.98. The number of benzene rings is 3. The summed E-state index contributed by atoms with van der Waals surface area (Å²) in [6.07, 6.45) is 0. The molecule has 0 bridgehead atoms. The molecule has 3 aromatic carbocycles. The fourth-order valence-corrected chi connectivity index (χ4v) is 3.86. The third kappa shape index (κ3) is 3.45. The molecule has 152 valence electrons. The van der Waals surface area contributed by atoms with E-state index in [9.17, 15) is 4.79 Å². The molecule has 0 N–H and O–H groups in total. The van der Waals surface area contributed by atoms with Gasteiger partial charge in [-0.3, -0.25) is 4.79 Å². The van der Waals surface area contributed by atoms with Gasteiger partial charge in [-0.05, 0) is 31.0 Å². The number of fused-ring (bicyclic) bond motifs is 1. The maximum atomic E-state index is 13.2. The van der Waals surface area contributed by atoms with Gasteiger partial charge in [-0.25, -0.2) is 0 Å². The summed E-state index contributed by atoms with van der Waals surface area (Å²) in [5, 5.41) is 0.546. The van der Waals surface area contributed by atoms with Crippen molar-refractivity contribution in [3.8, 4) is 28.0 Å². The van der Waals surface area contributed by atoms with Gasteiger partial charge in [0, 0.05) is 24.7 Å². The molecule has 0 amide bonds. The van der Waals surface area contributed by atoms with E-state index in [2.05, 4.69) is 0 Å². The maximum Gasteiger partial charge on any atom is 0.200 e. The van der Waals surface area contributed by atoms with E-state index < -0.39 is 0 Å². The highest BCUT2D eigenvalue weighted by Crippen LogP contribution is 2.44. The first-order valence-corrected chi connectivity index (χ1v) is 10.2. The van der Waals surface area contributed by atoms with Crippen molar-refractivity contribution in [2.45, 2.75) is 13.8 Å². The topological polar surface area (TPSA) is 42.7 Å². The molecule has 0 aliphatic carbocycles. The Labute approximate surface area is 176 Å². The Balaban J connectivity index is 2.14. The third-order valence-electron chi connectivity index (χ3n) is 5.39. The summed E-state index contributed by atoms with van der Waals surface area (Å²) in [6, 6.07) is 23.4. The molecule has 4 aromatic rings. The molecule has 0 unspecified atom stereocenters. The summed E-state index contributed by atoms with van der Waals surface area (Å²) in [5.74, 6) is 1.27. The number of methoxy groups -OCH3 is 1. The van der Waals surface area contributed by atoms with E-state index in [0.29, 0.717) is 22.6 Å². The summed E-state index contributed by atoms with van der Waals surface area (Å²) in [4.78, 5) is 15.2. The second kappa shape index (κ2) is 8.46. The van der Waals surface area contributed by atoms with Gasteiger partial charge in [-0.1, -0.05) is 60.7 Å². The summed E-state index contributed by atoms with van der Waals surface area (Å²) in [7, 11) is 1.66. The number of hydrogen-bond donors (Lipinski definition) is 0. The standard InChI is InChI=1S/C26H25NO3/c1-4-27(5-2)23-17-22(28)21-16-20(18-12-8-6-9-13-18)25(29-3)24(26(21)30-23)19-14-10-7-11-15-19/h6-17H,4-5H2,1-3H3. The lowest BCUT2D eigenvalue weighted by atomic mass is 9.94. The summed E-state index contributed by atoms with van der Waals surface area (Å²) >= 11 is 0. The molecule has 0 spiro atoms. The van der Waals surface area contributed by atoms with Crippen molar-refractivity contribution >= 4 is 16.9 Å². The summed E-state index contributed by atoms with van der Waals surface area (Å²) in [6.45, 7) is 5.60. The second-order valence-electron chi connectivity index (χ2n) is 7.06. The highest BCUT2D eigenvalue weighted by molar-refractivity contribution is 6.01. The highest BCUT2D eigenvalue weighted by Gasteiger charge is 2.22. The monoisotopic (exact) mass is 399 g/mol. The Bertz CT molecular complexity index is 1210. The Kier molecular flexibility index (Phi) is 5.57. The molecule has 4 rings (SSSR count). The average Bonchev–Trinajstić information content (AvgIpc) is 2.80. The van der Waals surface area contributed by atoms with Crippen LogP contribution >= 0.6 is 0 Å². The predicted molar refractivity (Wildman–Crippen MR) is 123 cm³/mol. The van der Waals surface area contributed by atoms with E-state index >= 15 is 0 Å². The lowest BCUT2D eigenvalue weighted by Gasteiger charge is -2.21. The number of hydrogen-bond acceptors (Lipinski definition) is 4. The fraction of sp³-hybridized carbons (Fsp3) is 0.192. The Morgan fingerprint density at radius 2 is 1.47 bits per heavy atom. The quantitative estimate of drug-likeness (QED) is 0.400. The average molecular weight is 399 g/mol. The van der Waals surface area contributed by atoms with Crippen LogP contribution in [0.1, 0.15) is 13.8 Å². The van der Waals surface area contributed by atoms with Gasteiger partial charge in [-0.15, -0.1) is 0 Å². The third-order valence-corrected chi connectivity index (χ3v) is 5.39. The molecule has 0 atom stereocenters. The lowest BCUT2D eigenvalue weighted by molar-refractivity contribution is 0.417. The van der Waals surface area contributed by atoms with Crippen molar-refractivity contribution in [1.82, 2.24) is 0 Å². The molecular formula is C26H25NO3. The van der Waals surface area contributed by atoms with Crippen LogP contribution in [-0.2, 0) is 0 Å². The van der Waals surface area contributed by atoms with Gasteiger partial charge < -0.3 is 14.1 Å². The van der Waals surface area contributed by atoms with Gasteiger partial charge in [0.2, 0.25) is 0 Å². The molecule has 0 radical (unpaired) electrons. The van der Waals surface area contributed by atoms with Gasteiger partial charge in [0.05, 0.1) is 18.1 Å². The summed E-state index contributed by atoms with van der Waals surface area (Å²) in [5.41, 5.74) is 4.08. The van der Waals surface area contributed by atoms with Crippen LogP contribution in [0.4, 0.5) is 5.88 Å². The van der Waals surface area contributed by atoms with Crippen LogP contribution in [0.5, 0.6) is 5.75 Å². The van der Waals surface area contributed by atoms with Crippen molar-refractivity contribution in [2.24, 2.45) is 0 Å². The molecule has 1 heterocycles. The normalized spacial score (nSPS) is 10.9. The van der Waals surface area contributed by atoms with Crippen molar-refractivity contribution < 1.29 is 9.15 Å². The molecule has 0 fully saturated rings. The van der Waals surface area contributed by atoms with Gasteiger partial charge >= 0.3 is 0 Å². The van der Waals surface area contributed by atoms with Crippen molar-refractivity contribution in [2.75, 3.05) is 25.1 Å². The molecule has 1 aromatic heterocycles. The molecule has 4 nitrogen and oxygen atoms in total. The molecule has 30 heavy (non-hydrogen) atoms. The molecule has 0 aliphatic heterocycles. The van der Waals surface area contributed by atoms with Crippen LogP contribution in [0.3, 0.4) is 0 Å². The van der Waals surface area contributed by atoms with Crippen LogP contribution in [0.25, 0.3) is 33.2 Å². The van der Waals surface area contributed by atoms with Crippen LogP contribution < -0.4 is 15.1 Å². The fourth-order valence-electron chi connectivity index (χ4n) is 3.86. The van der Waals surface area contributed by atoms with Crippen LogP contribution in [0.15, 0.2) is 82.0 Å². The number of rotatable bonds is 6. The van der Waals surface area contributed by atoms with Crippen LogP contribution in [-0.4, -0.2) is 20.2 Å². The number of ether oxygens (including phenoxy) is 1. The molecule has 0 aliphatic rings. The van der Waals surface area contributed by atoms with Gasteiger partial charge in [-0.2, -0.15) is 0 Å². The van der Waals surface area contributed by atoms with Crippen LogP contribution in [0, 0.1) is 0 Å². The SMILES string of the molecule is CCN(CC)c1cc(=O)c2cc(-c3ccccc3)c(OC)c(-c3ccccc3)c2o1. The first-order valence-electron chi connectivity index (χ1n) is 10.2. The minimum Gasteiger partial charge on any atom is -0.495 e. The van der Waals surface area contributed by atoms with E-state index in [4.69, 9.17) is 9.15 Å². The zero-order chi connectivity index (χ0) is 21.1. The maximum absolute atomic E-state index is 13.2. The minimum absolute atomic E-state index is 0.0600. The van der Waals surface area contributed by atoms with Gasteiger partial charge in [0.15, 0.2) is 16.9 Å². The van der Waals surface area contributed by atoms with Gasteiger partial charge in [0.1, 0.15) is 5.75 Å². The second-order valence-corrected chi connectivity index (χ2v) is 7.06. The summed E-state index contributed by atoms with van der Waals surface area (Å²) < 4.78 is 12.3. The first kappa shape index (κ1) is 19.8. The minimum atomic E-state index is -0.0600. The van der Waals surface area contributed by atoms with Crippen molar-refractivity contribution in [3.05, 3.63) is 83.0 Å². The van der Waals surface area contributed by atoms with E-state index in [-0.39, 0.29) is 5.43 Å². The zero-order valence-electron chi connectivity index (χ0n) is 17.5. The Hall–Kier alpha value is -3.53. The Morgan fingerprint density at radius 1 is 0.867 bits per heavy atom. The molecular weight excluding hydrogens is 374 g/mol. The van der Waals surface area contributed by atoms with E-state index in [0.717, 1.165) is 35.3 Å². The highest BCUT2D eigenvalue weighted by atomic mass is 16.5. The zero-order valence-corrected chi connectivity index (χ0v) is 17.5. The molecule has 0 saturated heterocycles. The first-order chi connectivity index (χ1) is 14.7. The van der Waals surface area contributed by atoms with E-state index in [1.807, 2.05) is 85.5 Å². The van der Waals surface area contributed by atoms with Gasteiger partial charge in [0.25, 0.3) is 0 Å². The van der Waals surface area contributed by atoms with E-state index in [1.165, 1.54) is 0 Å². The smallest absolute Gasteiger partial charge is 0.200 e. The number of nitrogens with zero attached hydrogens (tertiary/aromatic N) is 1. The Morgan fingerprint density at radius 3 is 2.03 bits per heavy atom. The van der Waals surface area contributed by atoms with Crippen molar-refractivity contribution in [3.63, 3.8) is 0 Å². The van der Waals surface area contributed by atoms with Crippen LogP contribution in [0.2, 0.25) is 0 Å². The largest absolute Gasteiger partial charge is 0.495 e. The molecule has 4 heteroatoms. The van der Waals surface area contributed by atoms with Crippen molar-refractivity contribution in [1.29, 1.82) is 0 Å². The lowest BCUT2D eigenvalue weighted by Crippen LogP contribution is -2.23.